The van der Waals surface area contributed by atoms with Crippen molar-refractivity contribution >= 4 is 39.5 Å². The minimum atomic E-state index is -4.89. The van der Waals surface area contributed by atoms with E-state index in [2.05, 4.69) is 15.4 Å². The molecule has 18 heteroatoms. The fraction of sp³-hybridized carbons (Fsp3) is 0.568. The maximum Gasteiger partial charge on any atom is 0.416 e. The molecule has 2 aromatic carbocycles. The topological polar surface area (TPSA) is 154 Å². The van der Waals surface area contributed by atoms with Crippen LogP contribution in [0.25, 0.3) is 0 Å². The molecule has 0 aromatic heterocycles. The Morgan fingerprint density at radius 3 is 2.31 bits per heavy atom. The fourth-order valence-electron chi connectivity index (χ4n) is 7.31. The van der Waals surface area contributed by atoms with Gasteiger partial charge in [0.1, 0.15) is 35.4 Å². The zero-order valence-corrected chi connectivity index (χ0v) is 31.8. The molecule has 0 unspecified atom stereocenters. The van der Waals surface area contributed by atoms with Crippen LogP contribution in [0.1, 0.15) is 83.4 Å². The molecule has 1 saturated heterocycles. The number of hydrogen-bond donors (Lipinski definition) is 3. The van der Waals surface area contributed by atoms with Gasteiger partial charge in [0.25, 0.3) is 5.91 Å². The molecule has 0 spiro atoms. The van der Waals surface area contributed by atoms with Gasteiger partial charge in [-0.05, 0) is 67.3 Å². The second-order valence-electron chi connectivity index (χ2n) is 16.3. The number of carbonyl (C=O) groups excluding carboxylic acids is 4. The highest BCUT2D eigenvalue weighted by Gasteiger charge is 2.63. The van der Waals surface area contributed by atoms with Crippen molar-refractivity contribution in [2.24, 2.45) is 11.3 Å². The summed E-state index contributed by atoms with van der Waals surface area (Å²) in [7, 11) is -4.07. The number of anilines is 1. The number of fused-ring (bicyclic) bond motifs is 1. The van der Waals surface area contributed by atoms with Gasteiger partial charge in [-0.1, -0.05) is 46.2 Å². The van der Waals surface area contributed by atoms with Crippen molar-refractivity contribution in [2.75, 3.05) is 11.9 Å². The van der Waals surface area contributed by atoms with Crippen molar-refractivity contribution in [2.45, 2.75) is 114 Å². The summed E-state index contributed by atoms with van der Waals surface area (Å²) in [6, 6.07) is 3.46. The SMILES string of the molecule is CC[C@@H]1C[C@]1(NC(=O)[C@@H]1C[C@@H](OC(=O)N2Cc3cccc(F)c3C2)CN1C(=O)[C@@H](Nc1cc(F)cc(C(F)(F)F)c1)C(C)(C)C)C(=O)NS(=O)(=O)C1(C)CC1. The van der Waals surface area contributed by atoms with Crippen LogP contribution in [-0.2, 0) is 48.4 Å². The largest absolute Gasteiger partial charge is 0.444 e. The lowest BCUT2D eigenvalue weighted by Crippen LogP contribution is -2.59. The highest BCUT2D eigenvalue weighted by atomic mass is 32.2. The van der Waals surface area contributed by atoms with Crippen LogP contribution >= 0.6 is 0 Å². The second-order valence-corrected chi connectivity index (χ2v) is 18.5. The molecule has 0 radical (unpaired) electrons. The summed E-state index contributed by atoms with van der Waals surface area (Å²) in [5.41, 5.74) is -3.41. The molecular formula is C37H44F5N5O7S. The summed E-state index contributed by atoms with van der Waals surface area (Å²) >= 11 is 0. The molecule has 2 heterocycles. The van der Waals surface area contributed by atoms with Crippen LogP contribution in [0.2, 0.25) is 0 Å². The zero-order valence-electron chi connectivity index (χ0n) is 31.0. The Kier molecular flexibility index (Phi) is 10.2. The van der Waals surface area contributed by atoms with E-state index in [1.165, 1.54) is 24.0 Å². The summed E-state index contributed by atoms with van der Waals surface area (Å²) in [4.78, 5) is 58.1. The molecule has 2 aromatic rings. The molecule has 4 amide bonds. The third kappa shape index (κ3) is 7.96. The Balaban J connectivity index is 1.27. The standard InChI is InChI=1S/C37H44F5N5O7S/c1-6-21-16-36(21,32(50)45-55(52,53)35(5)10-11-35)44-30(48)28-15-25(54-33(51)46-17-20-8-7-9-27(39)26(20)19-46)18-47(28)31(49)29(34(2,3)4)43-24-13-22(37(40,41)42)12-23(38)14-24/h7-9,12-14,21,25,28-29,43H,6,10-11,15-19H2,1-5H3,(H,44,48)(H,45,50)/t21-,25-,28+,29-,36-/m1/s1. The summed E-state index contributed by atoms with van der Waals surface area (Å²) in [6.07, 6.45) is -5.87. The average Bonchev–Trinajstić information content (AvgIpc) is 3.89. The first-order chi connectivity index (χ1) is 25.5. The van der Waals surface area contributed by atoms with E-state index in [-0.39, 0.29) is 38.2 Å². The van der Waals surface area contributed by atoms with Gasteiger partial charge in [0.2, 0.25) is 21.8 Å². The van der Waals surface area contributed by atoms with Gasteiger partial charge in [-0.2, -0.15) is 13.2 Å². The van der Waals surface area contributed by atoms with E-state index in [9.17, 15) is 49.5 Å². The maximum atomic E-state index is 14.5. The van der Waals surface area contributed by atoms with E-state index in [1.54, 1.807) is 33.8 Å². The molecular weight excluding hydrogens is 753 g/mol. The molecule has 6 rings (SSSR count). The van der Waals surface area contributed by atoms with Crippen LogP contribution in [0, 0.1) is 23.0 Å². The number of benzene rings is 2. The minimum Gasteiger partial charge on any atom is -0.444 e. The Labute approximate surface area is 315 Å². The molecule has 3 N–H and O–H groups in total. The number of ether oxygens (including phenoxy) is 1. The Bertz CT molecular complexity index is 2020. The van der Waals surface area contributed by atoms with Crippen molar-refractivity contribution in [1.29, 1.82) is 0 Å². The Morgan fingerprint density at radius 1 is 1.04 bits per heavy atom. The molecule has 2 aliphatic heterocycles. The van der Waals surface area contributed by atoms with Gasteiger partial charge in [0, 0.05) is 24.2 Å². The quantitative estimate of drug-likeness (QED) is 0.277. The van der Waals surface area contributed by atoms with E-state index in [1.807, 2.05) is 0 Å². The van der Waals surface area contributed by atoms with Gasteiger partial charge in [-0.25, -0.2) is 22.0 Å². The van der Waals surface area contributed by atoms with E-state index >= 15 is 0 Å². The molecule has 2 saturated carbocycles. The number of halogens is 5. The van der Waals surface area contributed by atoms with Crippen LogP contribution < -0.4 is 15.4 Å². The lowest BCUT2D eigenvalue weighted by molar-refractivity contribution is -0.141. The third-order valence-corrected chi connectivity index (χ3v) is 13.3. The predicted molar refractivity (Wildman–Crippen MR) is 188 cm³/mol. The predicted octanol–water partition coefficient (Wildman–Crippen LogP) is 5.22. The summed E-state index contributed by atoms with van der Waals surface area (Å²) in [5.74, 6) is -4.70. The first-order valence-corrected chi connectivity index (χ1v) is 19.5. The van der Waals surface area contributed by atoms with Crippen LogP contribution in [0.15, 0.2) is 36.4 Å². The minimum absolute atomic E-state index is 0.0484. The normalized spacial score (nSPS) is 24.8. The number of amides is 4. The molecule has 12 nitrogen and oxygen atoms in total. The second kappa shape index (κ2) is 13.9. The highest BCUT2D eigenvalue weighted by molar-refractivity contribution is 7.91. The van der Waals surface area contributed by atoms with Gasteiger partial charge in [0.05, 0.1) is 23.4 Å². The highest BCUT2D eigenvalue weighted by Crippen LogP contribution is 2.48. The van der Waals surface area contributed by atoms with Gasteiger partial charge < -0.3 is 20.3 Å². The summed E-state index contributed by atoms with van der Waals surface area (Å²) in [6.45, 7) is 7.70. The number of hydrogen-bond acceptors (Lipinski definition) is 8. The summed E-state index contributed by atoms with van der Waals surface area (Å²) in [5, 5.41) is 5.42. The van der Waals surface area contributed by atoms with Crippen LogP contribution in [0.4, 0.5) is 32.4 Å². The van der Waals surface area contributed by atoms with E-state index in [4.69, 9.17) is 4.74 Å². The first-order valence-electron chi connectivity index (χ1n) is 18.0. The van der Waals surface area contributed by atoms with Crippen LogP contribution in [0.3, 0.4) is 0 Å². The molecule has 2 aliphatic carbocycles. The number of sulfonamides is 1. The number of nitrogens with one attached hydrogen (secondary N) is 3. The van der Waals surface area contributed by atoms with Gasteiger partial charge in [0.15, 0.2) is 0 Å². The third-order valence-electron chi connectivity index (χ3n) is 11.1. The van der Waals surface area contributed by atoms with Crippen molar-refractivity contribution in [3.05, 3.63) is 64.7 Å². The summed E-state index contributed by atoms with van der Waals surface area (Å²) < 4.78 is 102. The number of rotatable bonds is 10. The fourth-order valence-corrected chi connectivity index (χ4v) is 8.63. The molecule has 4 aliphatic rings. The lowest BCUT2D eigenvalue weighted by atomic mass is 9.85. The smallest absolute Gasteiger partial charge is 0.416 e. The number of alkyl halides is 3. The van der Waals surface area contributed by atoms with Crippen molar-refractivity contribution < 1.29 is 54.3 Å². The van der Waals surface area contributed by atoms with Crippen molar-refractivity contribution in [3.63, 3.8) is 0 Å². The molecule has 55 heavy (non-hydrogen) atoms. The van der Waals surface area contributed by atoms with Gasteiger partial charge in [-0.3, -0.25) is 24.0 Å². The molecule has 300 valence electrons. The van der Waals surface area contributed by atoms with Crippen molar-refractivity contribution in [3.8, 4) is 0 Å². The van der Waals surface area contributed by atoms with Gasteiger partial charge >= 0.3 is 12.3 Å². The molecule has 0 bridgehead atoms. The lowest BCUT2D eigenvalue weighted by Gasteiger charge is -2.36. The zero-order chi connectivity index (χ0) is 40.5. The number of nitrogens with zero attached hydrogens (tertiary/aromatic N) is 2. The monoisotopic (exact) mass is 797 g/mol. The van der Waals surface area contributed by atoms with Gasteiger partial charge in [-0.15, -0.1) is 0 Å². The van der Waals surface area contributed by atoms with E-state index in [0.29, 0.717) is 42.5 Å². The molecule has 3 fully saturated rings. The van der Waals surface area contributed by atoms with Crippen molar-refractivity contribution in [1.82, 2.24) is 19.8 Å². The number of likely N-dealkylation sites (tertiary alicyclic amines) is 1. The first kappa shape index (κ1) is 40.2. The average molecular weight is 798 g/mol. The van der Waals surface area contributed by atoms with E-state index < -0.39 is 97.0 Å². The van der Waals surface area contributed by atoms with Crippen LogP contribution in [0.5, 0.6) is 0 Å². The maximum absolute atomic E-state index is 14.5. The Morgan fingerprint density at radius 2 is 1.73 bits per heavy atom. The molecule has 5 atom stereocenters. The number of carbonyl (C=O) groups is 4. The van der Waals surface area contributed by atoms with Crippen LogP contribution in [-0.4, -0.2) is 77.1 Å². The Hall–Kier alpha value is -4.48. The van der Waals surface area contributed by atoms with E-state index in [0.717, 1.165) is 11.0 Å².